The molecule has 0 unspecified atom stereocenters. The third kappa shape index (κ3) is 3.29. The van der Waals surface area contributed by atoms with Crippen molar-refractivity contribution in [2.75, 3.05) is 32.7 Å². The van der Waals surface area contributed by atoms with Crippen molar-refractivity contribution < 1.29 is 9.59 Å². The fourth-order valence-corrected chi connectivity index (χ4v) is 4.13. The van der Waals surface area contributed by atoms with E-state index in [0.29, 0.717) is 34.4 Å². The van der Waals surface area contributed by atoms with Crippen LogP contribution in [0.25, 0.3) is 0 Å². The zero-order valence-electron chi connectivity index (χ0n) is 14.2. The van der Waals surface area contributed by atoms with Crippen molar-refractivity contribution in [3.63, 3.8) is 0 Å². The second-order valence-corrected chi connectivity index (χ2v) is 7.69. The number of rotatable bonds is 4. The van der Waals surface area contributed by atoms with Crippen molar-refractivity contribution in [2.45, 2.75) is 18.9 Å². The second-order valence-electron chi connectivity index (χ2n) is 6.87. The molecular weight excluding hydrogens is 375 g/mol. The van der Waals surface area contributed by atoms with E-state index in [9.17, 15) is 9.59 Å². The van der Waals surface area contributed by atoms with Gasteiger partial charge in [-0.1, -0.05) is 29.3 Å². The van der Waals surface area contributed by atoms with Crippen LogP contribution < -0.4 is 10.6 Å². The lowest BCUT2D eigenvalue weighted by atomic mass is 9.96. The molecule has 8 heteroatoms. The molecule has 0 saturated carbocycles. The summed E-state index contributed by atoms with van der Waals surface area (Å²) >= 11 is 12.1. The number of carbonyl (C=O) groups excluding carboxylic acids is 2. The summed E-state index contributed by atoms with van der Waals surface area (Å²) in [7, 11) is 0. The van der Waals surface area contributed by atoms with E-state index >= 15 is 0 Å². The molecular formula is C18H20Cl2N4O2. The van der Waals surface area contributed by atoms with Gasteiger partial charge in [0.1, 0.15) is 0 Å². The number of likely N-dealkylation sites (tertiary alicyclic amines) is 1. The van der Waals surface area contributed by atoms with Crippen LogP contribution in [0.1, 0.15) is 24.4 Å². The molecule has 1 saturated heterocycles. The first kappa shape index (κ1) is 17.6. The topological polar surface area (TPSA) is 64.7 Å². The van der Waals surface area contributed by atoms with Gasteiger partial charge in [-0.3, -0.25) is 4.79 Å². The summed E-state index contributed by atoms with van der Waals surface area (Å²) in [6.45, 7) is 4.16. The molecule has 26 heavy (non-hydrogen) atoms. The van der Waals surface area contributed by atoms with E-state index in [2.05, 4.69) is 15.5 Å². The standard InChI is InChI=1S/C18H20Cl2N4O2/c19-12-4-3-11(9-13(12)20)16-15-14(21-18(26)22-16)10-24(17(15)25)8-7-23-5-1-2-6-23/h3-4,9,16H,1-2,5-8,10H2,(H2,21,22,26)/t16-/m0/s1. The highest BCUT2D eigenvalue weighted by atomic mass is 35.5. The first-order valence-electron chi connectivity index (χ1n) is 8.80. The van der Waals surface area contributed by atoms with Crippen molar-refractivity contribution in [1.29, 1.82) is 0 Å². The van der Waals surface area contributed by atoms with Crippen LogP contribution in [-0.2, 0) is 4.79 Å². The zero-order valence-corrected chi connectivity index (χ0v) is 15.7. The predicted octanol–water partition coefficient (Wildman–Crippen LogP) is 2.54. The summed E-state index contributed by atoms with van der Waals surface area (Å²) in [5.41, 5.74) is 2.01. The van der Waals surface area contributed by atoms with Gasteiger partial charge in [0.25, 0.3) is 5.91 Å². The molecule has 3 amide bonds. The predicted molar refractivity (Wildman–Crippen MR) is 100 cm³/mol. The van der Waals surface area contributed by atoms with E-state index in [0.717, 1.165) is 25.2 Å². The van der Waals surface area contributed by atoms with Gasteiger partial charge in [-0.25, -0.2) is 4.79 Å². The van der Waals surface area contributed by atoms with Gasteiger partial charge in [-0.2, -0.15) is 0 Å². The third-order valence-corrected chi connectivity index (χ3v) is 5.92. The maximum absolute atomic E-state index is 13.0. The number of hydrogen-bond donors (Lipinski definition) is 2. The number of hydrogen-bond acceptors (Lipinski definition) is 3. The van der Waals surface area contributed by atoms with Gasteiger partial charge < -0.3 is 20.4 Å². The van der Waals surface area contributed by atoms with Crippen LogP contribution in [-0.4, -0.2) is 54.5 Å². The first-order chi connectivity index (χ1) is 12.5. The summed E-state index contributed by atoms with van der Waals surface area (Å²) < 4.78 is 0. The molecule has 1 aromatic rings. The fraction of sp³-hybridized carbons (Fsp3) is 0.444. The Labute approximate surface area is 162 Å². The molecule has 0 aliphatic carbocycles. The molecule has 3 heterocycles. The van der Waals surface area contributed by atoms with Gasteiger partial charge in [-0.05, 0) is 43.6 Å². The molecule has 138 valence electrons. The molecule has 0 bridgehead atoms. The summed E-state index contributed by atoms with van der Waals surface area (Å²) in [5.74, 6) is -0.0391. The smallest absolute Gasteiger partial charge is 0.319 e. The third-order valence-electron chi connectivity index (χ3n) is 5.18. The van der Waals surface area contributed by atoms with Crippen molar-refractivity contribution in [2.24, 2.45) is 0 Å². The van der Waals surface area contributed by atoms with E-state index in [1.54, 1.807) is 23.1 Å². The van der Waals surface area contributed by atoms with Gasteiger partial charge in [0.15, 0.2) is 0 Å². The van der Waals surface area contributed by atoms with Gasteiger partial charge in [0, 0.05) is 13.1 Å². The number of benzene rings is 1. The lowest BCUT2D eigenvalue weighted by molar-refractivity contribution is -0.126. The lowest BCUT2D eigenvalue weighted by Gasteiger charge is -2.26. The van der Waals surface area contributed by atoms with Gasteiger partial charge in [0.05, 0.1) is 33.9 Å². The van der Waals surface area contributed by atoms with Crippen LogP contribution in [0.2, 0.25) is 10.0 Å². The van der Waals surface area contributed by atoms with Crippen molar-refractivity contribution >= 4 is 35.1 Å². The normalized spacial score (nSPS) is 23.3. The molecule has 1 aromatic carbocycles. The highest BCUT2D eigenvalue weighted by molar-refractivity contribution is 6.42. The average molecular weight is 395 g/mol. The van der Waals surface area contributed by atoms with Crippen LogP contribution in [0.5, 0.6) is 0 Å². The van der Waals surface area contributed by atoms with Crippen molar-refractivity contribution in [3.8, 4) is 0 Å². The van der Waals surface area contributed by atoms with E-state index in [1.807, 2.05) is 0 Å². The lowest BCUT2D eigenvalue weighted by Crippen LogP contribution is -2.44. The maximum Gasteiger partial charge on any atom is 0.319 e. The molecule has 0 radical (unpaired) electrons. The molecule has 1 fully saturated rings. The summed E-state index contributed by atoms with van der Waals surface area (Å²) in [6, 6.07) is 4.34. The van der Waals surface area contributed by atoms with Gasteiger partial charge in [-0.15, -0.1) is 0 Å². The number of amides is 3. The number of nitrogens with one attached hydrogen (secondary N) is 2. The first-order valence-corrected chi connectivity index (χ1v) is 9.55. The Bertz CT molecular complexity index is 789. The zero-order chi connectivity index (χ0) is 18.3. The highest BCUT2D eigenvalue weighted by Crippen LogP contribution is 2.34. The van der Waals surface area contributed by atoms with Crippen LogP contribution >= 0.6 is 23.2 Å². The van der Waals surface area contributed by atoms with Crippen LogP contribution in [0.3, 0.4) is 0 Å². The Morgan fingerprint density at radius 2 is 1.85 bits per heavy atom. The molecule has 3 aliphatic rings. The van der Waals surface area contributed by atoms with Crippen LogP contribution in [0, 0.1) is 0 Å². The monoisotopic (exact) mass is 394 g/mol. The molecule has 4 rings (SSSR count). The molecule has 1 atom stereocenters. The van der Waals surface area contributed by atoms with Gasteiger partial charge in [0.2, 0.25) is 0 Å². The van der Waals surface area contributed by atoms with E-state index in [4.69, 9.17) is 23.2 Å². The Hall–Kier alpha value is -1.76. The highest BCUT2D eigenvalue weighted by Gasteiger charge is 2.40. The van der Waals surface area contributed by atoms with Crippen molar-refractivity contribution in [1.82, 2.24) is 20.4 Å². The maximum atomic E-state index is 13.0. The average Bonchev–Trinajstić information content (AvgIpc) is 3.23. The Kier molecular flexibility index (Phi) is 4.82. The summed E-state index contributed by atoms with van der Waals surface area (Å²) in [5, 5.41) is 6.46. The Balaban J connectivity index is 1.55. The SMILES string of the molecule is O=C1NC2=C(C(=O)N(CCN3CCCC3)C2)[C@H](c2ccc(Cl)c(Cl)c2)N1. The number of halogens is 2. The quantitative estimate of drug-likeness (QED) is 0.824. The number of nitrogens with zero attached hydrogens (tertiary/aromatic N) is 2. The Morgan fingerprint density at radius 1 is 1.08 bits per heavy atom. The summed E-state index contributed by atoms with van der Waals surface area (Å²) in [6.07, 6.45) is 2.45. The minimum Gasteiger partial charge on any atom is -0.332 e. The molecule has 2 N–H and O–H groups in total. The van der Waals surface area contributed by atoms with Crippen LogP contribution in [0.4, 0.5) is 4.79 Å². The number of carbonyl (C=O) groups is 2. The Morgan fingerprint density at radius 3 is 2.58 bits per heavy atom. The number of urea groups is 1. The minimum absolute atomic E-state index is 0.0391. The molecule has 3 aliphatic heterocycles. The fourth-order valence-electron chi connectivity index (χ4n) is 3.82. The van der Waals surface area contributed by atoms with E-state index in [-0.39, 0.29) is 11.9 Å². The van der Waals surface area contributed by atoms with E-state index in [1.165, 1.54) is 12.8 Å². The largest absolute Gasteiger partial charge is 0.332 e. The molecule has 6 nitrogen and oxygen atoms in total. The van der Waals surface area contributed by atoms with E-state index < -0.39 is 6.04 Å². The molecule has 0 aromatic heterocycles. The van der Waals surface area contributed by atoms with Crippen molar-refractivity contribution in [3.05, 3.63) is 45.1 Å². The van der Waals surface area contributed by atoms with Gasteiger partial charge >= 0.3 is 6.03 Å². The van der Waals surface area contributed by atoms with Crippen LogP contribution in [0.15, 0.2) is 29.5 Å². The second kappa shape index (κ2) is 7.10. The minimum atomic E-state index is -0.516. The summed E-state index contributed by atoms with van der Waals surface area (Å²) in [4.78, 5) is 29.2. The molecule has 0 spiro atoms.